The van der Waals surface area contributed by atoms with Crippen molar-refractivity contribution >= 4 is 5.97 Å². The van der Waals surface area contributed by atoms with E-state index in [1.807, 2.05) is 6.42 Å². The van der Waals surface area contributed by atoms with Crippen LogP contribution in [0.4, 0.5) is 0 Å². The average Bonchev–Trinajstić information content (AvgIpc) is 2.68. The predicted molar refractivity (Wildman–Crippen MR) is 50.0 cm³/mol. The summed E-state index contributed by atoms with van der Waals surface area (Å²) in [4.78, 5) is 11.3. The van der Waals surface area contributed by atoms with Gasteiger partial charge in [0.05, 0.1) is 31.8 Å². The molecule has 1 N–H and O–H groups in total. The van der Waals surface area contributed by atoms with Crippen molar-refractivity contribution in [2.45, 2.75) is 37.8 Å². The maximum absolute atomic E-state index is 11.3. The van der Waals surface area contributed by atoms with Crippen molar-refractivity contribution in [2.75, 3.05) is 13.2 Å². The van der Waals surface area contributed by atoms with Crippen LogP contribution in [0.3, 0.4) is 0 Å². The van der Waals surface area contributed by atoms with Crippen LogP contribution < -0.4 is 0 Å². The van der Waals surface area contributed by atoms with Gasteiger partial charge in [0.25, 0.3) is 0 Å². The zero-order valence-corrected chi connectivity index (χ0v) is 8.59. The fourth-order valence-electron chi connectivity index (χ4n) is 1.83. The summed E-state index contributed by atoms with van der Waals surface area (Å²) in [7, 11) is 0. The number of hydrogen-bond donors (Lipinski definition) is 1. The Morgan fingerprint density at radius 1 is 1.67 bits per heavy atom. The lowest BCUT2D eigenvalue weighted by molar-refractivity contribution is -0.155. The van der Waals surface area contributed by atoms with Crippen molar-refractivity contribution < 1.29 is 24.1 Å². The largest absolute Gasteiger partial charge is 0.457 e. The molecule has 0 aromatic carbocycles. The van der Waals surface area contributed by atoms with Gasteiger partial charge in [-0.3, -0.25) is 4.79 Å². The van der Waals surface area contributed by atoms with Crippen LogP contribution in [0.25, 0.3) is 0 Å². The highest BCUT2D eigenvalue weighted by molar-refractivity contribution is 5.70. The van der Waals surface area contributed by atoms with Gasteiger partial charge in [0, 0.05) is 6.42 Å². The Balaban J connectivity index is 1.82. The molecular weight excluding hydrogens is 200 g/mol. The normalized spacial score (nSPS) is 36.3. The lowest BCUT2D eigenvalue weighted by Gasteiger charge is -2.16. The molecule has 2 fully saturated rings. The summed E-state index contributed by atoms with van der Waals surface area (Å²) in [6.45, 7) is 2.46. The Labute approximate surface area is 88.3 Å². The van der Waals surface area contributed by atoms with E-state index in [1.165, 1.54) is 0 Å². The Bertz CT molecular complexity index is 240. The van der Waals surface area contributed by atoms with Gasteiger partial charge >= 0.3 is 5.97 Å². The van der Waals surface area contributed by atoms with Gasteiger partial charge in [-0.1, -0.05) is 0 Å². The van der Waals surface area contributed by atoms with Crippen LogP contribution in [-0.4, -0.2) is 48.7 Å². The third-order valence-corrected chi connectivity index (χ3v) is 2.51. The number of esters is 1. The molecule has 5 nitrogen and oxygen atoms in total. The summed E-state index contributed by atoms with van der Waals surface area (Å²) in [5.41, 5.74) is 0. The molecule has 2 rings (SSSR count). The quantitative estimate of drug-likeness (QED) is 0.653. The molecule has 0 saturated carbocycles. The maximum Gasteiger partial charge on any atom is 0.308 e. The van der Waals surface area contributed by atoms with Crippen molar-refractivity contribution in [3.05, 3.63) is 6.42 Å². The van der Waals surface area contributed by atoms with Crippen molar-refractivity contribution in [3.63, 3.8) is 0 Å². The Morgan fingerprint density at radius 3 is 3.20 bits per heavy atom. The topological polar surface area (TPSA) is 65.0 Å². The van der Waals surface area contributed by atoms with Crippen LogP contribution in [0.5, 0.6) is 0 Å². The van der Waals surface area contributed by atoms with Crippen LogP contribution in [0.1, 0.15) is 13.3 Å². The first kappa shape index (κ1) is 10.9. The van der Waals surface area contributed by atoms with E-state index in [-0.39, 0.29) is 24.7 Å². The molecule has 0 unspecified atom stereocenters. The number of ether oxygens (including phenoxy) is 3. The van der Waals surface area contributed by atoms with Gasteiger partial charge in [-0.2, -0.15) is 0 Å². The summed E-state index contributed by atoms with van der Waals surface area (Å²) in [5.74, 6) is -0.408. The van der Waals surface area contributed by atoms with Crippen molar-refractivity contribution in [1.82, 2.24) is 0 Å². The van der Waals surface area contributed by atoms with E-state index in [0.29, 0.717) is 13.2 Å². The molecular formula is C10H15O5. The molecule has 1 radical (unpaired) electrons. The number of rotatable bonds is 3. The molecule has 0 amide bonds. The number of hydrogen-bond acceptors (Lipinski definition) is 5. The minimum absolute atomic E-state index is 0.0115. The van der Waals surface area contributed by atoms with Gasteiger partial charge in [0.2, 0.25) is 0 Å². The van der Waals surface area contributed by atoms with E-state index in [9.17, 15) is 4.79 Å². The van der Waals surface area contributed by atoms with Crippen LogP contribution in [-0.2, 0) is 19.0 Å². The highest BCUT2D eigenvalue weighted by atomic mass is 16.6. The standard InChI is InChI=1S/C10H15O5/c1-6(11)4-9(12)15-8-5-14-7-2-3-13-10(7)8/h2,6-8,10-11H,3-5H2,1H3/t6-,7-,8-,10-/m1/s1. The number of carbonyl (C=O) groups excluding carboxylic acids is 1. The zero-order chi connectivity index (χ0) is 10.8. The average molecular weight is 215 g/mol. The molecule has 85 valence electrons. The number of aliphatic hydroxyl groups is 1. The van der Waals surface area contributed by atoms with E-state index in [0.717, 1.165) is 0 Å². The molecule has 5 heteroatoms. The predicted octanol–water partition coefficient (Wildman–Crippen LogP) is -0.329. The van der Waals surface area contributed by atoms with E-state index in [2.05, 4.69) is 0 Å². The molecule has 2 saturated heterocycles. The second-order valence-corrected chi connectivity index (χ2v) is 3.91. The second kappa shape index (κ2) is 4.47. The zero-order valence-electron chi connectivity index (χ0n) is 8.59. The molecule has 0 spiro atoms. The van der Waals surface area contributed by atoms with Gasteiger partial charge in [-0.25, -0.2) is 0 Å². The number of fused-ring (bicyclic) bond motifs is 1. The molecule has 2 aliphatic rings. The monoisotopic (exact) mass is 215 g/mol. The Morgan fingerprint density at radius 2 is 2.47 bits per heavy atom. The molecule has 0 aliphatic carbocycles. The lowest BCUT2D eigenvalue weighted by atomic mass is 10.1. The molecule has 15 heavy (non-hydrogen) atoms. The smallest absolute Gasteiger partial charge is 0.308 e. The molecule has 4 atom stereocenters. The van der Waals surface area contributed by atoms with Crippen LogP contribution in [0, 0.1) is 6.42 Å². The highest BCUT2D eigenvalue weighted by Gasteiger charge is 2.44. The lowest BCUT2D eigenvalue weighted by Crippen LogP contribution is -2.32. The third kappa shape index (κ3) is 2.48. The van der Waals surface area contributed by atoms with Crippen LogP contribution >= 0.6 is 0 Å². The third-order valence-electron chi connectivity index (χ3n) is 2.51. The van der Waals surface area contributed by atoms with E-state index in [4.69, 9.17) is 19.3 Å². The molecule has 0 bridgehead atoms. The first-order valence-electron chi connectivity index (χ1n) is 5.11. The highest BCUT2D eigenvalue weighted by Crippen LogP contribution is 2.27. The van der Waals surface area contributed by atoms with Gasteiger partial charge < -0.3 is 19.3 Å². The Kier molecular flexibility index (Phi) is 3.23. The molecule has 0 aromatic rings. The van der Waals surface area contributed by atoms with Crippen molar-refractivity contribution in [2.24, 2.45) is 0 Å². The summed E-state index contributed by atoms with van der Waals surface area (Å²) in [6, 6.07) is 0. The summed E-state index contributed by atoms with van der Waals surface area (Å²) in [6.07, 6.45) is 0.717. The minimum Gasteiger partial charge on any atom is -0.457 e. The second-order valence-electron chi connectivity index (χ2n) is 3.91. The summed E-state index contributed by atoms with van der Waals surface area (Å²) in [5, 5.41) is 9.01. The van der Waals surface area contributed by atoms with Crippen molar-refractivity contribution in [3.8, 4) is 0 Å². The maximum atomic E-state index is 11.3. The fraction of sp³-hybridized carbons (Fsp3) is 0.800. The fourth-order valence-corrected chi connectivity index (χ4v) is 1.83. The SMILES string of the molecule is C[C@@H](O)CC(=O)O[C@@H]1CO[C@@H]2[CH]CO[C@H]21. The molecule has 2 aliphatic heterocycles. The van der Waals surface area contributed by atoms with E-state index < -0.39 is 12.1 Å². The first-order chi connectivity index (χ1) is 7.16. The van der Waals surface area contributed by atoms with E-state index in [1.54, 1.807) is 6.92 Å². The first-order valence-corrected chi connectivity index (χ1v) is 5.11. The number of aliphatic hydroxyl groups excluding tert-OH is 1. The van der Waals surface area contributed by atoms with Gasteiger partial charge in [-0.15, -0.1) is 0 Å². The number of carbonyl (C=O) groups is 1. The minimum atomic E-state index is -0.674. The van der Waals surface area contributed by atoms with E-state index >= 15 is 0 Å². The van der Waals surface area contributed by atoms with Crippen LogP contribution in [0.2, 0.25) is 0 Å². The Hall–Kier alpha value is -0.650. The van der Waals surface area contributed by atoms with Crippen molar-refractivity contribution in [1.29, 1.82) is 0 Å². The van der Waals surface area contributed by atoms with Gasteiger partial charge in [0.1, 0.15) is 6.10 Å². The molecule has 0 aromatic heterocycles. The molecule has 2 heterocycles. The summed E-state index contributed by atoms with van der Waals surface area (Å²) >= 11 is 0. The van der Waals surface area contributed by atoms with Gasteiger partial charge in [-0.05, 0) is 6.92 Å². The summed E-state index contributed by atoms with van der Waals surface area (Å²) < 4.78 is 15.9. The van der Waals surface area contributed by atoms with Gasteiger partial charge in [0.15, 0.2) is 6.10 Å². The van der Waals surface area contributed by atoms with Crippen LogP contribution in [0.15, 0.2) is 0 Å².